The van der Waals surface area contributed by atoms with Gasteiger partial charge in [0.15, 0.2) is 17.4 Å². The number of aromatic hydroxyl groups is 1. The molecule has 12 heteroatoms. The van der Waals surface area contributed by atoms with Crippen LogP contribution in [0, 0.1) is 23.7 Å². The molecule has 57 heavy (non-hydrogen) atoms. The van der Waals surface area contributed by atoms with Crippen LogP contribution in [0.1, 0.15) is 41.1 Å². The van der Waals surface area contributed by atoms with E-state index in [-0.39, 0.29) is 40.8 Å². The number of pyridine rings is 1. The summed E-state index contributed by atoms with van der Waals surface area (Å²) in [4.78, 5) is 63.4. The number of phenolic OH excluding ortho intramolecular Hbond substituents is 1. The van der Waals surface area contributed by atoms with Gasteiger partial charge in [0.2, 0.25) is 0 Å². The quantitative estimate of drug-likeness (QED) is 0.141. The van der Waals surface area contributed by atoms with Crippen molar-refractivity contribution in [3.63, 3.8) is 0 Å². The first kappa shape index (κ1) is 36.6. The Morgan fingerprint density at radius 2 is 1.49 bits per heavy atom. The molecule has 8 nitrogen and oxygen atoms in total. The molecular formula is C45H33ClF3N3O5. The predicted octanol–water partition coefficient (Wildman–Crippen LogP) is 8.49. The third-order valence-corrected chi connectivity index (χ3v) is 12.6. The molecule has 3 aliphatic carbocycles. The number of hydrogen-bond donors (Lipinski definition) is 1. The molecule has 2 amide bonds. The molecule has 2 fully saturated rings. The number of Topliss-reactive ketones (excluding diaryl/α,β-unsaturated/α-hetero) is 1. The summed E-state index contributed by atoms with van der Waals surface area (Å²) in [6.45, 7) is 0. The van der Waals surface area contributed by atoms with Gasteiger partial charge in [-0.15, -0.1) is 0 Å². The number of carbonyl (C=O) groups excluding carboxylic acids is 4. The fourth-order valence-electron chi connectivity index (χ4n) is 9.97. The molecule has 1 aliphatic heterocycles. The maximum absolute atomic E-state index is 15.4. The number of imide groups is 1. The lowest BCUT2D eigenvalue weighted by atomic mass is 9.44. The second-order valence-electron chi connectivity index (χ2n) is 15.0. The number of hydrazine groups is 1. The van der Waals surface area contributed by atoms with Gasteiger partial charge in [-0.3, -0.25) is 24.2 Å². The fourth-order valence-corrected chi connectivity index (χ4v) is 10.2. The maximum Gasteiger partial charge on any atom is 0.433 e. The summed E-state index contributed by atoms with van der Waals surface area (Å²) >= 11 is 6.34. The predicted molar refractivity (Wildman–Crippen MR) is 207 cm³/mol. The van der Waals surface area contributed by atoms with Gasteiger partial charge in [0, 0.05) is 29.8 Å². The van der Waals surface area contributed by atoms with E-state index in [9.17, 15) is 27.9 Å². The molecule has 1 saturated carbocycles. The number of fused-ring (bicyclic) bond motifs is 5. The molecular weight excluding hydrogens is 755 g/mol. The molecule has 9 rings (SSSR count). The van der Waals surface area contributed by atoms with Crippen LogP contribution in [0.15, 0.2) is 127 Å². The number of anilines is 1. The number of nitrogens with zero attached hydrogens (tertiary/aromatic N) is 3. The van der Waals surface area contributed by atoms with E-state index in [1.807, 2.05) is 54.6 Å². The smallest absolute Gasteiger partial charge is 0.433 e. The van der Waals surface area contributed by atoms with Gasteiger partial charge in [-0.25, -0.2) is 4.98 Å². The minimum absolute atomic E-state index is 0.0270. The van der Waals surface area contributed by atoms with E-state index >= 15 is 9.59 Å². The van der Waals surface area contributed by atoms with Crippen molar-refractivity contribution in [2.24, 2.45) is 23.7 Å². The highest BCUT2D eigenvalue weighted by atomic mass is 35.5. The molecule has 2 heterocycles. The molecule has 0 radical (unpaired) electrons. The van der Waals surface area contributed by atoms with Crippen molar-refractivity contribution in [1.29, 1.82) is 0 Å². The van der Waals surface area contributed by atoms with Crippen LogP contribution in [-0.4, -0.2) is 45.5 Å². The number of ketones is 2. The zero-order chi connectivity index (χ0) is 40.0. The highest BCUT2D eigenvalue weighted by Gasteiger charge is 2.66. The highest BCUT2D eigenvalue weighted by molar-refractivity contribution is 6.33. The third-order valence-electron chi connectivity index (χ3n) is 12.3. The lowest BCUT2D eigenvalue weighted by Crippen LogP contribution is -2.59. The SMILES string of the molecule is CN(c1nc(C(F)(F)F)ccc1Cl)N1C(=O)C2CC=C3C(CC4C(=O)C(c5ccccc5)=CC(=O)C4(c4ccccc4)C3c3ccc(O)c4ccccc34)C2C1=O. The molecule has 1 saturated heterocycles. The maximum atomic E-state index is 15.4. The zero-order valence-corrected chi connectivity index (χ0v) is 31.0. The van der Waals surface area contributed by atoms with Gasteiger partial charge < -0.3 is 5.11 Å². The Bertz CT molecular complexity index is 2590. The van der Waals surface area contributed by atoms with E-state index in [0.29, 0.717) is 33.0 Å². The van der Waals surface area contributed by atoms with Gasteiger partial charge in [-0.1, -0.05) is 114 Å². The Labute approximate surface area is 329 Å². The van der Waals surface area contributed by atoms with Crippen LogP contribution in [0.2, 0.25) is 5.02 Å². The number of allylic oxidation sites excluding steroid dienone is 4. The van der Waals surface area contributed by atoms with Gasteiger partial charge in [-0.2, -0.15) is 18.2 Å². The van der Waals surface area contributed by atoms with Crippen molar-refractivity contribution in [1.82, 2.24) is 9.99 Å². The number of phenols is 1. The zero-order valence-electron chi connectivity index (χ0n) is 30.3. The molecule has 0 spiro atoms. The van der Waals surface area contributed by atoms with Gasteiger partial charge >= 0.3 is 6.18 Å². The fraction of sp³-hybridized carbons (Fsp3) is 0.222. The largest absolute Gasteiger partial charge is 0.507 e. The summed E-state index contributed by atoms with van der Waals surface area (Å²) in [7, 11) is 1.27. The minimum atomic E-state index is -4.82. The Hall–Kier alpha value is -6.07. The number of benzene rings is 4. The van der Waals surface area contributed by atoms with Gasteiger partial charge in [-0.05, 0) is 65.1 Å². The number of amides is 2. The summed E-state index contributed by atoms with van der Waals surface area (Å²) < 4.78 is 41.3. The Morgan fingerprint density at radius 1 is 0.825 bits per heavy atom. The molecule has 5 aromatic rings. The first-order valence-corrected chi connectivity index (χ1v) is 18.9. The van der Waals surface area contributed by atoms with Crippen LogP contribution >= 0.6 is 11.6 Å². The topological polar surface area (TPSA) is 108 Å². The van der Waals surface area contributed by atoms with Crippen LogP contribution in [0.5, 0.6) is 5.75 Å². The minimum Gasteiger partial charge on any atom is -0.507 e. The highest BCUT2D eigenvalue weighted by Crippen LogP contribution is 2.64. The molecule has 6 unspecified atom stereocenters. The van der Waals surface area contributed by atoms with Crippen LogP contribution in [0.25, 0.3) is 16.3 Å². The monoisotopic (exact) mass is 787 g/mol. The molecule has 1 aromatic heterocycles. The second kappa shape index (κ2) is 13.3. The van der Waals surface area contributed by atoms with Gasteiger partial charge in [0.05, 0.1) is 22.3 Å². The van der Waals surface area contributed by atoms with Crippen LogP contribution < -0.4 is 5.01 Å². The van der Waals surface area contributed by atoms with Gasteiger partial charge in [0.1, 0.15) is 11.4 Å². The summed E-state index contributed by atoms with van der Waals surface area (Å²) in [5.74, 6) is -6.83. The standard InChI is InChI=1S/C45H33ClF3N3O5/c1-51(41-34(46)19-21-36(50-41)45(47,48)49)52-42(56)30-17-16-29-32(38(30)43(52)57)22-33-40(55)31(24-10-4-2-5-11-24)23-37(54)44(33,25-12-6-3-7-13-25)39(29)28-18-20-35(53)27-15-9-8-14-26(27)28/h2-16,18-21,23,30,32-33,38-39,53H,17,22H2,1H3. The number of halogens is 4. The molecule has 286 valence electrons. The van der Waals surface area contributed by atoms with Crippen molar-refractivity contribution in [2.45, 2.75) is 30.4 Å². The number of carbonyl (C=O) groups is 4. The van der Waals surface area contributed by atoms with Crippen LogP contribution in [0.4, 0.5) is 19.0 Å². The Morgan fingerprint density at radius 3 is 2.19 bits per heavy atom. The van der Waals surface area contributed by atoms with E-state index in [2.05, 4.69) is 4.98 Å². The van der Waals surface area contributed by atoms with Crippen molar-refractivity contribution < 1.29 is 37.5 Å². The van der Waals surface area contributed by atoms with E-state index in [1.165, 1.54) is 13.1 Å². The summed E-state index contributed by atoms with van der Waals surface area (Å²) in [6, 6.07) is 30.4. The van der Waals surface area contributed by atoms with Crippen molar-refractivity contribution in [3.8, 4) is 5.75 Å². The molecule has 1 N–H and O–H groups in total. The van der Waals surface area contributed by atoms with E-state index in [4.69, 9.17) is 11.6 Å². The first-order chi connectivity index (χ1) is 27.3. The van der Waals surface area contributed by atoms with E-state index < -0.39 is 64.5 Å². The average Bonchev–Trinajstić information content (AvgIpc) is 3.47. The van der Waals surface area contributed by atoms with E-state index in [1.54, 1.807) is 48.5 Å². The number of alkyl halides is 3. The van der Waals surface area contributed by atoms with Crippen LogP contribution in [0.3, 0.4) is 0 Å². The molecule has 4 aliphatic rings. The number of rotatable bonds is 5. The number of aromatic nitrogens is 1. The Balaban J connectivity index is 1.25. The average molecular weight is 788 g/mol. The van der Waals surface area contributed by atoms with E-state index in [0.717, 1.165) is 22.2 Å². The first-order valence-electron chi connectivity index (χ1n) is 18.5. The molecule has 0 bridgehead atoms. The summed E-state index contributed by atoms with van der Waals surface area (Å²) in [5.41, 5.74) is 0.0413. The van der Waals surface area contributed by atoms with Crippen molar-refractivity contribution in [2.75, 3.05) is 12.1 Å². The van der Waals surface area contributed by atoms with Gasteiger partial charge in [0.25, 0.3) is 11.8 Å². The Kier molecular flexibility index (Phi) is 8.51. The van der Waals surface area contributed by atoms with Crippen molar-refractivity contribution in [3.05, 3.63) is 154 Å². The second-order valence-corrected chi connectivity index (χ2v) is 15.4. The lowest BCUT2D eigenvalue weighted by molar-refractivity contribution is -0.141. The normalized spacial score (nSPS) is 25.8. The number of hydrogen-bond acceptors (Lipinski definition) is 7. The molecule has 4 aromatic carbocycles. The molecule has 6 atom stereocenters. The lowest BCUT2D eigenvalue weighted by Gasteiger charge is -2.55. The summed E-state index contributed by atoms with van der Waals surface area (Å²) in [6.07, 6.45) is -1.36. The summed E-state index contributed by atoms with van der Waals surface area (Å²) in [5, 5.41) is 13.8. The van der Waals surface area contributed by atoms with Crippen LogP contribution in [-0.2, 0) is 30.8 Å². The van der Waals surface area contributed by atoms with Crippen molar-refractivity contribution >= 4 is 57.1 Å². The third kappa shape index (κ3) is 5.39.